The standard InChI is InChI=1S/C16H19N/c1-5-15(11-8-13(3)17)14(4)16-9-6-12(2)7-10-16/h5-11H,3-4,17H2,1-2H3/b11-8-,15-5+. The summed E-state index contributed by atoms with van der Waals surface area (Å²) in [5.74, 6) is 0. The van der Waals surface area contributed by atoms with Crippen LogP contribution in [0.15, 0.2) is 66.9 Å². The second-order valence-electron chi connectivity index (χ2n) is 4.00. The summed E-state index contributed by atoms with van der Waals surface area (Å²) < 4.78 is 0. The maximum absolute atomic E-state index is 5.52. The number of hydrogen-bond acceptors (Lipinski definition) is 1. The second kappa shape index (κ2) is 5.90. The smallest absolute Gasteiger partial charge is 0.0241 e. The quantitative estimate of drug-likeness (QED) is 0.770. The molecule has 1 nitrogen and oxygen atoms in total. The van der Waals surface area contributed by atoms with Crippen LogP contribution < -0.4 is 5.73 Å². The molecular weight excluding hydrogens is 206 g/mol. The fourth-order valence-electron chi connectivity index (χ4n) is 1.49. The lowest BCUT2D eigenvalue weighted by Crippen LogP contribution is -1.90. The first kappa shape index (κ1) is 13.0. The Morgan fingerprint density at radius 1 is 1.12 bits per heavy atom. The topological polar surface area (TPSA) is 26.0 Å². The molecule has 0 aliphatic carbocycles. The minimum absolute atomic E-state index is 0.543. The Labute approximate surface area is 104 Å². The van der Waals surface area contributed by atoms with Crippen LogP contribution in [0.5, 0.6) is 0 Å². The molecule has 0 radical (unpaired) electrons. The Morgan fingerprint density at radius 2 is 1.71 bits per heavy atom. The summed E-state index contributed by atoms with van der Waals surface area (Å²) in [5.41, 5.74) is 10.5. The summed E-state index contributed by atoms with van der Waals surface area (Å²) in [7, 11) is 0. The Morgan fingerprint density at radius 3 is 2.18 bits per heavy atom. The number of nitrogens with two attached hydrogens (primary N) is 1. The van der Waals surface area contributed by atoms with Gasteiger partial charge in [-0.15, -0.1) is 0 Å². The highest BCUT2D eigenvalue weighted by molar-refractivity contribution is 5.80. The normalized spacial score (nSPS) is 11.8. The average Bonchev–Trinajstić information content (AvgIpc) is 2.30. The highest BCUT2D eigenvalue weighted by Crippen LogP contribution is 2.22. The highest BCUT2D eigenvalue weighted by Gasteiger charge is 2.01. The van der Waals surface area contributed by atoms with Crippen molar-refractivity contribution in [2.45, 2.75) is 13.8 Å². The van der Waals surface area contributed by atoms with Gasteiger partial charge in [0.25, 0.3) is 0 Å². The molecule has 1 aromatic carbocycles. The molecule has 0 bridgehead atoms. The van der Waals surface area contributed by atoms with Crippen LogP contribution >= 0.6 is 0 Å². The first-order valence-corrected chi connectivity index (χ1v) is 5.59. The Balaban J connectivity index is 2.95. The third kappa shape index (κ3) is 3.80. The lowest BCUT2D eigenvalue weighted by Gasteiger charge is -2.07. The zero-order valence-electron chi connectivity index (χ0n) is 10.5. The molecule has 0 aromatic heterocycles. The van der Waals surface area contributed by atoms with Crippen LogP contribution in [0.1, 0.15) is 18.1 Å². The van der Waals surface area contributed by atoms with E-state index < -0.39 is 0 Å². The van der Waals surface area contributed by atoms with Crippen LogP contribution in [0.3, 0.4) is 0 Å². The van der Waals surface area contributed by atoms with Crippen molar-refractivity contribution in [3.63, 3.8) is 0 Å². The van der Waals surface area contributed by atoms with E-state index >= 15 is 0 Å². The molecule has 0 atom stereocenters. The minimum Gasteiger partial charge on any atom is -0.399 e. The maximum atomic E-state index is 5.52. The van der Waals surface area contributed by atoms with E-state index in [9.17, 15) is 0 Å². The lowest BCUT2D eigenvalue weighted by atomic mass is 9.98. The molecule has 0 saturated heterocycles. The van der Waals surface area contributed by atoms with Crippen LogP contribution in [-0.2, 0) is 0 Å². The molecule has 88 valence electrons. The summed E-state index contributed by atoms with van der Waals surface area (Å²) in [5, 5.41) is 0. The lowest BCUT2D eigenvalue weighted by molar-refractivity contribution is 1.43. The van der Waals surface area contributed by atoms with E-state index in [-0.39, 0.29) is 0 Å². The van der Waals surface area contributed by atoms with E-state index in [0.717, 1.165) is 16.7 Å². The molecule has 0 aliphatic rings. The molecule has 0 saturated carbocycles. The molecule has 1 heteroatoms. The predicted octanol–water partition coefficient (Wildman–Crippen LogP) is 3.98. The first-order chi connectivity index (χ1) is 8.04. The Bertz CT molecular complexity index is 473. The van der Waals surface area contributed by atoms with Gasteiger partial charge in [-0.1, -0.05) is 55.1 Å². The van der Waals surface area contributed by atoms with Crippen LogP contribution in [0.4, 0.5) is 0 Å². The maximum Gasteiger partial charge on any atom is 0.0241 e. The third-order valence-electron chi connectivity index (χ3n) is 2.54. The van der Waals surface area contributed by atoms with Crippen molar-refractivity contribution in [3.8, 4) is 0 Å². The molecule has 0 unspecified atom stereocenters. The van der Waals surface area contributed by atoms with E-state index in [0.29, 0.717) is 5.70 Å². The van der Waals surface area contributed by atoms with Crippen molar-refractivity contribution >= 4 is 5.57 Å². The zero-order chi connectivity index (χ0) is 12.8. The molecule has 0 amide bonds. The van der Waals surface area contributed by atoms with Crippen molar-refractivity contribution in [2.24, 2.45) is 5.73 Å². The van der Waals surface area contributed by atoms with E-state index in [1.807, 2.05) is 19.1 Å². The molecular formula is C16H19N. The van der Waals surface area contributed by atoms with Crippen LogP contribution in [0.2, 0.25) is 0 Å². The van der Waals surface area contributed by atoms with Gasteiger partial charge >= 0.3 is 0 Å². The average molecular weight is 225 g/mol. The molecule has 1 aromatic rings. The van der Waals surface area contributed by atoms with Gasteiger partial charge in [0.15, 0.2) is 0 Å². The summed E-state index contributed by atoms with van der Waals surface area (Å²) >= 11 is 0. The van der Waals surface area contributed by atoms with Crippen molar-refractivity contribution in [1.29, 1.82) is 0 Å². The van der Waals surface area contributed by atoms with Crippen molar-refractivity contribution in [3.05, 3.63) is 78.0 Å². The molecule has 0 spiro atoms. The van der Waals surface area contributed by atoms with Gasteiger partial charge in [0, 0.05) is 5.70 Å². The molecule has 0 fully saturated rings. The van der Waals surface area contributed by atoms with E-state index in [2.05, 4.69) is 44.3 Å². The van der Waals surface area contributed by atoms with Crippen molar-refractivity contribution < 1.29 is 0 Å². The molecule has 0 heterocycles. The van der Waals surface area contributed by atoms with Gasteiger partial charge in [-0.2, -0.15) is 0 Å². The number of benzene rings is 1. The summed E-state index contributed by atoms with van der Waals surface area (Å²) in [6.45, 7) is 11.8. The van der Waals surface area contributed by atoms with Crippen molar-refractivity contribution in [2.75, 3.05) is 0 Å². The molecule has 17 heavy (non-hydrogen) atoms. The fourth-order valence-corrected chi connectivity index (χ4v) is 1.49. The monoisotopic (exact) mass is 225 g/mol. The van der Waals surface area contributed by atoms with Gasteiger partial charge in [0.05, 0.1) is 0 Å². The number of aryl methyl sites for hydroxylation is 1. The first-order valence-electron chi connectivity index (χ1n) is 5.59. The van der Waals surface area contributed by atoms with Crippen LogP contribution in [-0.4, -0.2) is 0 Å². The third-order valence-corrected chi connectivity index (χ3v) is 2.54. The number of hydrogen-bond donors (Lipinski definition) is 1. The van der Waals surface area contributed by atoms with Crippen molar-refractivity contribution in [1.82, 2.24) is 0 Å². The molecule has 1 rings (SSSR count). The summed E-state index contributed by atoms with van der Waals surface area (Å²) in [6.07, 6.45) is 5.74. The number of rotatable bonds is 4. The predicted molar refractivity (Wildman–Crippen MR) is 76.4 cm³/mol. The fraction of sp³-hybridized carbons (Fsp3) is 0.125. The summed E-state index contributed by atoms with van der Waals surface area (Å²) in [4.78, 5) is 0. The minimum atomic E-state index is 0.543. The second-order valence-corrected chi connectivity index (χ2v) is 4.00. The summed E-state index contributed by atoms with van der Waals surface area (Å²) in [6, 6.07) is 8.32. The largest absolute Gasteiger partial charge is 0.399 e. The zero-order valence-corrected chi connectivity index (χ0v) is 10.5. The van der Waals surface area contributed by atoms with E-state index in [1.54, 1.807) is 6.08 Å². The van der Waals surface area contributed by atoms with Crippen LogP contribution in [0.25, 0.3) is 5.57 Å². The Kier molecular flexibility index (Phi) is 4.53. The van der Waals surface area contributed by atoms with Gasteiger partial charge in [0.1, 0.15) is 0 Å². The SMILES string of the molecule is C=C(N)/C=C\C(=C/C)C(=C)c1ccc(C)cc1. The van der Waals surface area contributed by atoms with Gasteiger partial charge < -0.3 is 5.73 Å². The van der Waals surface area contributed by atoms with Gasteiger partial charge in [-0.05, 0) is 36.6 Å². The van der Waals surface area contributed by atoms with Gasteiger partial charge in [0.2, 0.25) is 0 Å². The van der Waals surface area contributed by atoms with Crippen LogP contribution in [0, 0.1) is 6.92 Å². The van der Waals surface area contributed by atoms with E-state index in [4.69, 9.17) is 5.73 Å². The van der Waals surface area contributed by atoms with Gasteiger partial charge in [-0.3, -0.25) is 0 Å². The molecule has 0 aliphatic heterocycles. The number of allylic oxidation sites excluding steroid dienone is 5. The Hall–Kier alpha value is -2.02. The molecule has 2 N–H and O–H groups in total. The highest BCUT2D eigenvalue weighted by atomic mass is 14.5. The van der Waals surface area contributed by atoms with Gasteiger partial charge in [-0.25, -0.2) is 0 Å². The van der Waals surface area contributed by atoms with E-state index in [1.165, 1.54) is 5.56 Å².